The third-order valence-electron chi connectivity index (χ3n) is 3.00. The summed E-state index contributed by atoms with van der Waals surface area (Å²) in [6.07, 6.45) is 1.03. The van der Waals surface area contributed by atoms with Crippen LogP contribution in [0.1, 0.15) is 12.5 Å². The van der Waals surface area contributed by atoms with Gasteiger partial charge in [-0.15, -0.1) is 11.8 Å². The fourth-order valence-corrected chi connectivity index (χ4v) is 2.55. The van der Waals surface area contributed by atoms with Crippen LogP contribution < -0.4 is 5.32 Å². The average Bonchev–Trinajstić information content (AvgIpc) is 2.35. The van der Waals surface area contributed by atoms with E-state index in [0.29, 0.717) is 5.75 Å². The molecule has 1 aromatic rings. The molecule has 1 aliphatic rings. The van der Waals surface area contributed by atoms with Crippen molar-refractivity contribution in [1.82, 2.24) is 4.90 Å². The monoisotopic (exact) mass is 250 g/mol. The van der Waals surface area contributed by atoms with Crippen molar-refractivity contribution < 1.29 is 4.79 Å². The number of likely N-dealkylation sites (N-methyl/N-ethyl adjacent to an activating group) is 1. The van der Waals surface area contributed by atoms with E-state index >= 15 is 0 Å². The van der Waals surface area contributed by atoms with Crippen LogP contribution in [0.5, 0.6) is 0 Å². The Bertz CT molecular complexity index is 420. The predicted molar refractivity (Wildman–Crippen MR) is 72.7 cm³/mol. The number of carbonyl (C=O) groups is 1. The van der Waals surface area contributed by atoms with E-state index in [0.717, 1.165) is 25.2 Å². The topological polar surface area (TPSA) is 32.3 Å². The Balaban J connectivity index is 2.05. The third-order valence-corrected chi connectivity index (χ3v) is 4.07. The van der Waals surface area contributed by atoms with Gasteiger partial charge in [-0.2, -0.15) is 0 Å². The maximum absolute atomic E-state index is 11.3. The second-order valence-electron chi connectivity index (χ2n) is 4.31. The van der Waals surface area contributed by atoms with Crippen molar-refractivity contribution in [3.63, 3.8) is 0 Å². The fraction of sp³-hybridized carbons (Fsp3) is 0.462. The standard InChI is InChI=1S/C13H18N2OS/c1-3-15(2)7-6-10-4-5-12-11(8-10)14-13(16)9-17-12/h4-5,8H,3,6-7,9H2,1-2H3,(H,14,16). The SMILES string of the molecule is CCN(C)CCc1ccc2c(c1)NC(=O)CS2. The normalized spacial score (nSPS) is 14.6. The molecule has 1 aliphatic heterocycles. The minimum Gasteiger partial charge on any atom is -0.324 e. The Morgan fingerprint density at radius 3 is 3.06 bits per heavy atom. The van der Waals surface area contributed by atoms with Crippen LogP contribution in [0.3, 0.4) is 0 Å². The molecule has 0 spiro atoms. The highest BCUT2D eigenvalue weighted by molar-refractivity contribution is 8.00. The summed E-state index contributed by atoms with van der Waals surface area (Å²) in [5, 5.41) is 2.93. The number of hydrogen-bond acceptors (Lipinski definition) is 3. The number of amides is 1. The molecule has 1 amide bonds. The van der Waals surface area contributed by atoms with E-state index < -0.39 is 0 Å². The Morgan fingerprint density at radius 1 is 1.47 bits per heavy atom. The summed E-state index contributed by atoms with van der Waals surface area (Å²) < 4.78 is 0. The van der Waals surface area contributed by atoms with Crippen LogP contribution >= 0.6 is 11.8 Å². The van der Waals surface area contributed by atoms with Gasteiger partial charge in [-0.1, -0.05) is 13.0 Å². The van der Waals surface area contributed by atoms with Crippen LogP contribution in [0, 0.1) is 0 Å². The number of nitrogens with zero attached hydrogens (tertiary/aromatic N) is 1. The second-order valence-corrected chi connectivity index (χ2v) is 5.33. The summed E-state index contributed by atoms with van der Waals surface area (Å²) in [6.45, 7) is 4.28. The smallest absolute Gasteiger partial charge is 0.234 e. The van der Waals surface area contributed by atoms with Crippen molar-refractivity contribution in [2.24, 2.45) is 0 Å². The Morgan fingerprint density at radius 2 is 2.29 bits per heavy atom. The molecule has 0 atom stereocenters. The van der Waals surface area contributed by atoms with E-state index in [1.54, 1.807) is 11.8 Å². The Hall–Kier alpha value is -1.000. The molecule has 0 radical (unpaired) electrons. The molecule has 92 valence electrons. The zero-order chi connectivity index (χ0) is 12.3. The van der Waals surface area contributed by atoms with Gasteiger partial charge in [0.25, 0.3) is 0 Å². The van der Waals surface area contributed by atoms with Gasteiger partial charge in [0.2, 0.25) is 5.91 Å². The molecule has 0 aromatic heterocycles. The molecule has 0 saturated carbocycles. The summed E-state index contributed by atoms with van der Waals surface area (Å²) in [7, 11) is 2.12. The number of fused-ring (bicyclic) bond motifs is 1. The van der Waals surface area contributed by atoms with E-state index in [4.69, 9.17) is 0 Å². The van der Waals surface area contributed by atoms with Crippen molar-refractivity contribution in [3.05, 3.63) is 23.8 Å². The number of anilines is 1. The van der Waals surface area contributed by atoms with E-state index in [2.05, 4.69) is 42.4 Å². The largest absolute Gasteiger partial charge is 0.324 e. The molecule has 0 aliphatic carbocycles. The van der Waals surface area contributed by atoms with E-state index in [1.807, 2.05) is 0 Å². The number of benzene rings is 1. The average molecular weight is 250 g/mol. The lowest BCUT2D eigenvalue weighted by Crippen LogP contribution is -2.21. The lowest BCUT2D eigenvalue weighted by Gasteiger charge is -2.18. The minimum absolute atomic E-state index is 0.102. The quantitative estimate of drug-likeness (QED) is 0.889. The van der Waals surface area contributed by atoms with Gasteiger partial charge in [-0.05, 0) is 37.7 Å². The molecule has 4 heteroatoms. The van der Waals surface area contributed by atoms with Gasteiger partial charge in [0, 0.05) is 11.4 Å². The van der Waals surface area contributed by atoms with Crippen LogP contribution in [0.4, 0.5) is 5.69 Å². The van der Waals surface area contributed by atoms with Gasteiger partial charge in [-0.25, -0.2) is 0 Å². The third kappa shape index (κ3) is 3.23. The molecule has 0 saturated heterocycles. The van der Waals surface area contributed by atoms with Crippen LogP contribution in [0.15, 0.2) is 23.1 Å². The Labute approximate surface area is 107 Å². The van der Waals surface area contributed by atoms with Gasteiger partial charge in [-0.3, -0.25) is 4.79 Å². The summed E-state index contributed by atoms with van der Waals surface area (Å²) in [5.74, 6) is 0.635. The molecule has 1 heterocycles. The number of nitrogens with one attached hydrogen (secondary N) is 1. The van der Waals surface area contributed by atoms with Gasteiger partial charge < -0.3 is 10.2 Å². The lowest BCUT2D eigenvalue weighted by atomic mass is 10.1. The van der Waals surface area contributed by atoms with Crippen molar-refractivity contribution in [2.45, 2.75) is 18.2 Å². The first kappa shape index (κ1) is 12.5. The van der Waals surface area contributed by atoms with Gasteiger partial charge >= 0.3 is 0 Å². The van der Waals surface area contributed by atoms with E-state index in [9.17, 15) is 4.79 Å². The molecule has 0 unspecified atom stereocenters. The van der Waals surface area contributed by atoms with Gasteiger partial charge in [0.15, 0.2) is 0 Å². The van der Waals surface area contributed by atoms with Gasteiger partial charge in [0.05, 0.1) is 11.4 Å². The molecular formula is C13H18N2OS. The van der Waals surface area contributed by atoms with Crippen LogP contribution in [0.25, 0.3) is 0 Å². The molecule has 0 fully saturated rings. The molecule has 1 aromatic carbocycles. The molecule has 1 N–H and O–H groups in total. The lowest BCUT2D eigenvalue weighted by molar-refractivity contribution is -0.113. The van der Waals surface area contributed by atoms with Crippen molar-refractivity contribution in [1.29, 1.82) is 0 Å². The first-order valence-electron chi connectivity index (χ1n) is 5.93. The van der Waals surface area contributed by atoms with Crippen molar-refractivity contribution in [3.8, 4) is 0 Å². The highest BCUT2D eigenvalue weighted by Gasteiger charge is 2.15. The molecular weight excluding hydrogens is 232 g/mol. The first-order valence-corrected chi connectivity index (χ1v) is 6.91. The van der Waals surface area contributed by atoms with E-state index in [1.165, 1.54) is 10.5 Å². The molecule has 17 heavy (non-hydrogen) atoms. The van der Waals surface area contributed by atoms with Crippen LogP contribution in [-0.2, 0) is 11.2 Å². The Kier molecular flexibility index (Phi) is 4.07. The zero-order valence-electron chi connectivity index (χ0n) is 10.3. The number of thioether (sulfide) groups is 1. The highest BCUT2D eigenvalue weighted by atomic mass is 32.2. The maximum atomic E-state index is 11.3. The highest BCUT2D eigenvalue weighted by Crippen LogP contribution is 2.31. The molecule has 0 bridgehead atoms. The second kappa shape index (κ2) is 5.56. The van der Waals surface area contributed by atoms with Crippen LogP contribution in [0.2, 0.25) is 0 Å². The van der Waals surface area contributed by atoms with Gasteiger partial charge in [0.1, 0.15) is 0 Å². The van der Waals surface area contributed by atoms with Crippen LogP contribution in [-0.4, -0.2) is 36.7 Å². The molecule has 2 rings (SSSR count). The summed E-state index contributed by atoms with van der Waals surface area (Å²) >= 11 is 1.61. The first-order chi connectivity index (χ1) is 8.19. The summed E-state index contributed by atoms with van der Waals surface area (Å²) in [5.41, 5.74) is 2.26. The number of rotatable bonds is 4. The summed E-state index contributed by atoms with van der Waals surface area (Å²) in [6, 6.07) is 6.37. The number of carbonyl (C=O) groups excluding carboxylic acids is 1. The zero-order valence-corrected chi connectivity index (χ0v) is 11.1. The fourth-order valence-electron chi connectivity index (χ4n) is 1.76. The minimum atomic E-state index is 0.102. The van der Waals surface area contributed by atoms with E-state index in [-0.39, 0.29) is 5.91 Å². The summed E-state index contributed by atoms with van der Waals surface area (Å²) in [4.78, 5) is 14.8. The van der Waals surface area contributed by atoms with Crippen molar-refractivity contribution >= 4 is 23.4 Å². The maximum Gasteiger partial charge on any atom is 0.234 e. The number of hydrogen-bond donors (Lipinski definition) is 1. The van der Waals surface area contributed by atoms with Crippen molar-refractivity contribution in [2.75, 3.05) is 31.2 Å². The predicted octanol–water partition coefficient (Wildman–Crippen LogP) is 2.23. The molecule has 3 nitrogen and oxygen atoms in total.